The molecule has 2 aliphatic heterocycles. The van der Waals surface area contributed by atoms with E-state index in [2.05, 4.69) is 10.6 Å². The van der Waals surface area contributed by atoms with Crippen molar-refractivity contribution in [1.82, 2.24) is 20.3 Å². The van der Waals surface area contributed by atoms with E-state index in [4.69, 9.17) is 4.42 Å². The van der Waals surface area contributed by atoms with Crippen molar-refractivity contribution in [2.24, 2.45) is 5.92 Å². The Labute approximate surface area is 156 Å². The van der Waals surface area contributed by atoms with E-state index in [1.807, 2.05) is 5.32 Å². The van der Waals surface area contributed by atoms with Gasteiger partial charge < -0.3 is 15.1 Å². The molecule has 148 valence electrons. The van der Waals surface area contributed by atoms with Crippen LogP contribution in [0.4, 0.5) is 4.79 Å². The predicted molar refractivity (Wildman–Crippen MR) is 93.7 cm³/mol. The molecule has 10 nitrogen and oxygen atoms in total. The highest BCUT2D eigenvalue weighted by molar-refractivity contribution is 7.90. The molecule has 3 heterocycles. The number of nitrogens with zero attached hydrogens (tertiary/aromatic N) is 1. The van der Waals surface area contributed by atoms with E-state index in [9.17, 15) is 22.8 Å². The van der Waals surface area contributed by atoms with Gasteiger partial charge in [0, 0.05) is 19.0 Å². The van der Waals surface area contributed by atoms with Gasteiger partial charge in [0.15, 0.2) is 5.25 Å². The monoisotopic (exact) mass is 398 g/mol. The summed E-state index contributed by atoms with van der Waals surface area (Å²) in [5.74, 6) is -0.643. The van der Waals surface area contributed by atoms with Crippen LogP contribution in [-0.2, 0) is 26.2 Å². The van der Waals surface area contributed by atoms with Crippen molar-refractivity contribution in [2.75, 3.05) is 13.1 Å². The Morgan fingerprint density at radius 1 is 1.33 bits per heavy atom. The first-order valence-electron chi connectivity index (χ1n) is 8.69. The van der Waals surface area contributed by atoms with E-state index in [-0.39, 0.29) is 31.5 Å². The van der Waals surface area contributed by atoms with E-state index >= 15 is 0 Å². The highest BCUT2D eigenvalue weighted by atomic mass is 32.2. The quantitative estimate of drug-likeness (QED) is 0.613. The number of urea groups is 1. The zero-order valence-corrected chi connectivity index (χ0v) is 15.6. The summed E-state index contributed by atoms with van der Waals surface area (Å²) in [6, 6.07) is 1.96. The Hall–Kier alpha value is -2.40. The van der Waals surface area contributed by atoms with Gasteiger partial charge in [0.05, 0.1) is 18.8 Å². The van der Waals surface area contributed by atoms with Gasteiger partial charge in [0.1, 0.15) is 5.76 Å². The maximum absolute atomic E-state index is 12.8. The van der Waals surface area contributed by atoms with Crippen LogP contribution >= 0.6 is 0 Å². The largest absolute Gasteiger partial charge is 0.467 e. The van der Waals surface area contributed by atoms with Crippen molar-refractivity contribution in [3.05, 3.63) is 24.2 Å². The van der Waals surface area contributed by atoms with Crippen molar-refractivity contribution in [3.8, 4) is 0 Å². The molecule has 3 N–H and O–H groups in total. The Morgan fingerprint density at radius 2 is 2.04 bits per heavy atom. The van der Waals surface area contributed by atoms with Crippen LogP contribution in [0.25, 0.3) is 0 Å². The van der Waals surface area contributed by atoms with Crippen LogP contribution in [0.3, 0.4) is 0 Å². The van der Waals surface area contributed by atoms with Gasteiger partial charge in [0.25, 0.3) is 0 Å². The zero-order valence-electron chi connectivity index (χ0n) is 14.8. The van der Waals surface area contributed by atoms with Gasteiger partial charge in [-0.1, -0.05) is 0 Å². The molecule has 0 bridgehead atoms. The Kier molecular flexibility index (Phi) is 5.51. The third kappa shape index (κ3) is 4.14. The van der Waals surface area contributed by atoms with E-state index in [0.29, 0.717) is 18.6 Å². The molecule has 2 aliphatic rings. The molecule has 3 rings (SSSR count). The van der Waals surface area contributed by atoms with Crippen molar-refractivity contribution in [3.63, 3.8) is 0 Å². The molecule has 1 aromatic rings. The molecule has 1 aromatic heterocycles. The summed E-state index contributed by atoms with van der Waals surface area (Å²) in [4.78, 5) is 35.6. The summed E-state index contributed by atoms with van der Waals surface area (Å²) in [5.41, 5.74) is 0. The number of sulfonamides is 1. The highest BCUT2D eigenvalue weighted by Gasteiger charge is 2.46. The standard InChI is InChI=1S/C16H22N4O6S/c1-10-13(15(22)19-16(23)18-10)27(24,25)20-6-4-11(5-7-20)14(21)17-9-12-3-2-8-26-12/h2-3,8,10-11,13H,4-7,9H2,1H3,(H,17,21)(H2,18,19,22,23). The normalized spacial score (nSPS) is 24.9. The van der Waals surface area contributed by atoms with Crippen LogP contribution in [0.2, 0.25) is 0 Å². The second-order valence-corrected chi connectivity index (χ2v) is 8.74. The Balaban J connectivity index is 1.57. The summed E-state index contributed by atoms with van der Waals surface area (Å²) >= 11 is 0. The van der Waals surface area contributed by atoms with Crippen LogP contribution in [0.15, 0.2) is 22.8 Å². The van der Waals surface area contributed by atoms with Crippen LogP contribution < -0.4 is 16.0 Å². The van der Waals surface area contributed by atoms with Gasteiger partial charge in [-0.05, 0) is 31.9 Å². The number of hydrogen-bond donors (Lipinski definition) is 3. The second kappa shape index (κ2) is 7.69. The Morgan fingerprint density at radius 3 is 2.63 bits per heavy atom. The molecular formula is C16H22N4O6S. The number of piperidine rings is 1. The molecule has 2 fully saturated rings. The lowest BCUT2D eigenvalue weighted by Crippen LogP contribution is -2.64. The molecule has 4 amide bonds. The molecule has 2 saturated heterocycles. The van der Waals surface area contributed by atoms with Gasteiger partial charge in [-0.25, -0.2) is 17.5 Å². The van der Waals surface area contributed by atoms with Crippen molar-refractivity contribution < 1.29 is 27.2 Å². The van der Waals surface area contributed by atoms with E-state index in [1.165, 1.54) is 17.5 Å². The lowest BCUT2D eigenvalue weighted by molar-refractivity contribution is -0.126. The molecule has 0 aliphatic carbocycles. The van der Waals surface area contributed by atoms with Crippen LogP contribution in [0, 0.1) is 5.92 Å². The maximum Gasteiger partial charge on any atom is 0.321 e. The average molecular weight is 398 g/mol. The fourth-order valence-corrected chi connectivity index (χ4v) is 5.34. The SMILES string of the molecule is CC1NC(=O)NC(=O)C1S(=O)(=O)N1CCC(C(=O)NCc2ccco2)CC1. The number of furan rings is 1. The van der Waals surface area contributed by atoms with E-state index in [1.54, 1.807) is 12.1 Å². The molecule has 2 unspecified atom stereocenters. The predicted octanol–water partition coefficient (Wildman–Crippen LogP) is -0.466. The zero-order chi connectivity index (χ0) is 19.6. The number of imide groups is 1. The maximum atomic E-state index is 12.8. The minimum absolute atomic E-state index is 0.144. The summed E-state index contributed by atoms with van der Waals surface area (Å²) in [5, 5.41) is 5.81. The van der Waals surface area contributed by atoms with Gasteiger partial charge in [0.2, 0.25) is 21.8 Å². The van der Waals surface area contributed by atoms with Gasteiger partial charge in [-0.15, -0.1) is 0 Å². The third-order valence-electron chi connectivity index (χ3n) is 4.83. The number of carbonyl (C=O) groups excluding carboxylic acids is 3. The molecular weight excluding hydrogens is 376 g/mol. The van der Waals surface area contributed by atoms with Crippen LogP contribution in [-0.4, -0.2) is 54.9 Å². The lowest BCUT2D eigenvalue weighted by atomic mass is 9.97. The third-order valence-corrected chi connectivity index (χ3v) is 7.18. The first-order chi connectivity index (χ1) is 12.8. The average Bonchev–Trinajstić information content (AvgIpc) is 3.12. The number of carbonyl (C=O) groups is 3. The van der Waals surface area contributed by atoms with Crippen molar-refractivity contribution in [1.29, 1.82) is 0 Å². The lowest BCUT2D eigenvalue weighted by Gasteiger charge is -2.36. The number of amides is 4. The van der Waals surface area contributed by atoms with Gasteiger partial charge in [-0.3, -0.25) is 14.9 Å². The molecule has 0 saturated carbocycles. The van der Waals surface area contributed by atoms with E-state index in [0.717, 1.165) is 0 Å². The summed E-state index contributed by atoms with van der Waals surface area (Å²) in [6.45, 7) is 2.05. The summed E-state index contributed by atoms with van der Waals surface area (Å²) in [6.07, 6.45) is 2.24. The fourth-order valence-electron chi connectivity index (χ4n) is 3.39. The van der Waals surface area contributed by atoms with E-state index < -0.39 is 33.3 Å². The molecule has 0 spiro atoms. The fraction of sp³-hybridized carbons (Fsp3) is 0.562. The highest BCUT2D eigenvalue weighted by Crippen LogP contribution is 2.24. The Bertz CT molecular complexity index is 814. The molecule has 0 aromatic carbocycles. The minimum Gasteiger partial charge on any atom is -0.467 e. The number of rotatable bonds is 5. The van der Waals surface area contributed by atoms with Gasteiger partial charge in [-0.2, -0.15) is 0 Å². The molecule has 27 heavy (non-hydrogen) atoms. The first-order valence-corrected chi connectivity index (χ1v) is 10.2. The van der Waals surface area contributed by atoms with Crippen molar-refractivity contribution >= 4 is 27.9 Å². The second-order valence-electron chi connectivity index (χ2n) is 6.69. The number of nitrogens with one attached hydrogen (secondary N) is 3. The molecule has 11 heteroatoms. The van der Waals surface area contributed by atoms with Crippen LogP contribution in [0.1, 0.15) is 25.5 Å². The summed E-state index contributed by atoms with van der Waals surface area (Å²) < 4.78 is 32.0. The minimum atomic E-state index is -3.94. The van der Waals surface area contributed by atoms with Crippen LogP contribution in [0.5, 0.6) is 0 Å². The molecule has 0 radical (unpaired) electrons. The molecule has 2 atom stereocenters. The van der Waals surface area contributed by atoms with Gasteiger partial charge >= 0.3 is 6.03 Å². The van der Waals surface area contributed by atoms with Crippen molar-refractivity contribution in [2.45, 2.75) is 37.6 Å². The first kappa shape index (κ1) is 19.4. The summed E-state index contributed by atoms with van der Waals surface area (Å²) in [7, 11) is -3.94. The smallest absolute Gasteiger partial charge is 0.321 e. The topological polar surface area (TPSA) is 138 Å². The number of hydrogen-bond acceptors (Lipinski definition) is 6.